The van der Waals surface area contributed by atoms with Crippen molar-refractivity contribution in [2.75, 3.05) is 27.9 Å². The quantitative estimate of drug-likeness (QED) is 0.0274. The van der Waals surface area contributed by atoms with Crippen LogP contribution in [0.2, 0.25) is 0 Å². The van der Waals surface area contributed by atoms with Crippen LogP contribution in [-0.2, 0) is 36.8 Å². The lowest BCUT2D eigenvalue weighted by Crippen LogP contribution is -2.56. The Kier molecular flexibility index (Phi) is 15.0. The molecule has 12 heteroatoms. The van der Waals surface area contributed by atoms with Crippen LogP contribution < -0.4 is 30.7 Å². The molecule has 0 radical (unpaired) electrons. The van der Waals surface area contributed by atoms with Crippen LogP contribution in [0.1, 0.15) is 44.2 Å². The zero-order valence-electron chi connectivity index (χ0n) is 32.2. The lowest BCUT2D eigenvalue weighted by molar-refractivity contribution is -0.145. The van der Waals surface area contributed by atoms with Gasteiger partial charge in [0, 0.05) is 31.0 Å². The number of carbonyl (C=O) groups excluding carboxylic acids is 4. The van der Waals surface area contributed by atoms with Crippen LogP contribution in [0.25, 0.3) is 32.7 Å². The molecule has 55 heavy (non-hydrogen) atoms. The molecular weight excluding hydrogens is 699 g/mol. The van der Waals surface area contributed by atoms with Gasteiger partial charge in [-0.25, -0.2) is 4.79 Å². The maximum atomic E-state index is 14.2. The summed E-state index contributed by atoms with van der Waals surface area (Å²) in [5.41, 5.74) is 3.15. The van der Waals surface area contributed by atoms with Crippen LogP contribution in [0.5, 0.6) is 11.5 Å². The molecule has 0 aliphatic carbocycles. The molecule has 0 bridgehead atoms. The van der Waals surface area contributed by atoms with Crippen LogP contribution in [0, 0.1) is 5.41 Å². The van der Waals surface area contributed by atoms with Crippen molar-refractivity contribution in [2.24, 2.45) is 0 Å². The number of hydrogen-bond acceptors (Lipinski definition) is 8. The molecule has 0 aliphatic rings. The predicted octanol–water partition coefficient (Wildman–Crippen LogP) is 5.54. The average Bonchev–Trinajstić information content (AvgIpc) is 3.16. The van der Waals surface area contributed by atoms with Crippen molar-refractivity contribution in [3.8, 4) is 22.6 Å². The summed E-state index contributed by atoms with van der Waals surface area (Å²) >= 11 is 0. The summed E-state index contributed by atoms with van der Waals surface area (Å²) in [7, 11) is 4.42. The predicted molar refractivity (Wildman–Crippen MR) is 217 cm³/mol. The van der Waals surface area contributed by atoms with Gasteiger partial charge >= 0.3 is 5.97 Å². The van der Waals surface area contributed by atoms with Crippen LogP contribution in [-0.4, -0.2) is 75.5 Å². The molecule has 5 N–H and O–H groups in total. The number of rotatable bonds is 19. The number of ether oxygens (including phenoxy) is 3. The van der Waals surface area contributed by atoms with E-state index in [-0.39, 0.29) is 25.1 Å². The normalized spacial score (nSPS) is 12.5. The van der Waals surface area contributed by atoms with Gasteiger partial charge in [0.25, 0.3) is 0 Å². The number of nitrogens with one attached hydrogen (secondary N) is 5. The maximum Gasteiger partial charge on any atom is 0.328 e. The summed E-state index contributed by atoms with van der Waals surface area (Å²) in [4.78, 5) is 52.9. The first-order valence-corrected chi connectivity index (χ1v) is 18.1. The summed E-state index contributed by atoms with van der Waals surface area (Å²) < 4.78 is 17.2. The summed E-state index contributed by atoms with van der Waals surface area (Å²) in [5, 5.41) is 22.6. The van der Waals surface area contributed by atoms with Gasteiger partial charge in [-0.05, 0) is 77.4 Å². The highest BCUT2D eigenvalue weighted by atomic mass is 16.5. The molecule has 4 aromatic rings. The molecule has 3 amide bonds. The number of esters is 1. The molecule has 0 spiro atoms. The molecule has 12 nitrogen and oxygen atoms in total. The molecule has 3 atom stereocenters. The number of amides is 3. The van der Waals surface area contributed by atoms with E-state index >= 15 is 0 Å². The molecule has 290 valence electrons. The third kappa shape index (κ3) is 10.3. The largest absolute Gasteiger partial charge is 0.496 e. The van der Waals surface area contributed by atoms with Gasteiger partial charge in [0.2, 0.25) is 17.7 Å². The van der Waals surface area contributed by atoms with Crippen molar-refractivity contribution < 1.29 is 33.4 Å². The second kappa shape index (κ2) is 19.8. The molecule has 4 aromatic carbocycles. The van der Waals surface area contributed by atoms with Crippen LogP contribution in [0.4, 0.5) is 0 Å². The Morgan fingerprint density at radius 2 is 1.29 bits per heavy atom. The van der Waals surface area contributed by atoms with Gasteiger partial charge in [0.1, 0.15) is 29.6 Å². The number of benzene rings is 4. The average molecular weight is 750 g/mol. The minimum Gasteiger partial charge on any atom is -0.496 e. The monoisotopic (exact) mass is 749 g/mol. The van der Waals surface area contributed by atoms with E-state index in [1.165, 1.54) is 20.1 Å². The van der Waals surface area contributed by atoms with E-state index in [2.05, 4.69) is 40.5 Å². The van der Waals surface area contributed by atoms with Gasteiger partial charge in [-0.15, -0.1) is 13.2 Å². The van der Waals surface area contributed by atoms with E-state index in [9.17, 15) is 19.2 Å². The highest BCUT2D eigenvalue weighted by Crippen LogP contribution is 2.48. The van der Waals surface area contributed by atoms with E-state index in [1.54, 1.807) is 21.1 Å². The van der Waals surface area contributed by atoms with E-state index < -0.39 is 41.8 Å². The van der Waals surface area contributed by atoms with Crippen molar-refractivity contribution in [2.45, 2.75) is 64.1 Å². The van der Waals surface area contributed by atoms with Crippen molar-refractivity contribution >= 4 is 51.1 Å². The fraction of sp³-hybridized carbons (Fsp3) is 0.326. The first-order valence-electron chi connectivity index (χ1n) is 18.1. The number of hydrogen-bond donors (Lipinski definition) is 5. The minimum atomic E-state index is -1.13. The highest BCUT2D eigenvalue weighted by Gasteiger charge is 2.31. The Morgan fingerprint density at radius 3 is 1.82 bits per heavy atom. The van der Waals surface area contributed by atoms with E-state index in [1.807, 2.05) is 60.7 Å². The smallest absolute Gasteiger partial charge is 0.328 e. The molecule has 0 aliphatic heterocycles. The fourth-order valence-corrected chi connectivity index (χ4v) is 6.79. The third-order valence-corrected chi connectivity index (χ3v) is 9.19. The van der Waals surface area contributed by atoms with Gasteiger partial charge < -0.3 is 35.5 Å². The van der Waals surface area contributed by atoms with Crippen molar-refractivity contribution in [1.82, 2.24) is 21.3 Å². The fourth-order valence-electron chi connectivity index (χ4n) is 6.79. The van der Waals surface area contributed by atoms with Gasteiger partial charge in [0.15, 0.2) is 0 Å². The number of methoxy groups -OCH3 is 3. The van der Waals surface area contributed by atoms with E-state index in [4.69, 9.17) is 19.6 Å². The van der Waals surface area contributed by atoms with Crippen molar-refractivity contribution in [3.63, 3.8) is 0 Å². The van der Waals surface area contributed by atoms with Gasteiger partial charge in [-0.1, -0.05) is 60.7 Å². The van der Waals surface area contributed by atoms with Crippen molar-refractivity contribution in [1.29, 1.82) is 5.41 Å². The number of fused-ring (bicyclic) bond motifs is 2. The first kappa shape index (κ1) is 41.6. The molecule has 4 rings (SSSR count). The second-order valence-electron chi connectivity index (χ2n) is 13.1. The Morgan fingerprint density at radius 1 is 0.745 bits per heavy atom. The Labute approximate surface area is 322 Å². The second-order valence-corrected chi connectivity index (χ2v) is 13.1. The maximum absolute atomic E-state index is 14.2. The molecule has 0 heterocycles. The zero-order valence-corrected chi connectivity index (χ0v) is 32.2. The lowest BCUT2D eigenvalue weighted by atomic mass is 9.87. The summed E-state index contributed by atoms with van der Waals surface area (Å²) in [6.45, 7) is 10.9. The van der Waals surface area contributed by atoms with E-state index in [0.29, 0.717) is 36.4 Å². The van der Waals surface area contributed by atoms with Crippen LogP contribution in [0.3, 0.4) is 0 Å². The third-order valence-electron chi connectivity index (χ3n) is 9.19. The van der Waals surface area contributed by atoms with Crippen LogP contribution >= 0.6 is 0 Å². The Balaban J connectivity index is 1.83. The SMILES string of the molecule is C=CCc1cc2ccccc2c(-c2c(OC)c(CC(NC(C)=O)C(=O)N[C@H](CCCNC(C)=N)C(=O)N[C@@H](CC=C)C(=O)OC)cc3ccccc23)c1OC. The molecule has 1 unspecified atom stereocenters. The Hall–Kier alpha value is -6.17. The minimum absolute atomic E-state index is 0.00313. The van der Waals surface area contributed by atoms with Crippen LogP contribution in [0.15, 0.2) is 86.0 Å². The molecule has 0 saturated heterocycles. The molecule has 0 saturated carbocycles. The summed E-state index contributed by atoms with van der Waals surface area (Å²) in [6.07, 6.45) is 4.57. The van der Waals surface area contributed by atoms with E-state index in [0.717, 1.165) is 38.2 Å². The topological polar surface area (TPSA) is 168 Å². The van der Waals surface area contributed by atoms with Gasteiger partial charge in [0.05, 0.1) is 27.2 Å². The van der Waals surface area contributed by atoms with Crippen molar-refractivity contribution in [3.05, 3.63) is 97.1 Å². The zero-order chi connectivity index (χ0) is 40.1. The number of allylic oxidation sites excluding steroid dienone is 1. The highest BCUT2D eigenvalue weighted by molar-refractivity contribution is 6.11. The lowest BCUT2D eigenvalue weighted by Gasteiger charge is -2.26. The Bertz CT molecular complexity index is 2080. The molecular formula is C43H51N5O7. The standard InChI is InChI=1S/C43H51N5O7/c1-8-15-30-23-28-17-10-12-19-32(28)37(39(30)53-5)38-33-20-13-11-18-29(33)24-31(40(38)54-6)25-36(46-27(4)49)42(51)47-34(21-14-22-45-26(3)44)41(50)48-35(16-9-2)43(52)55-7/h8-13,17-20,23-24,34-36H,1-2,14-16,21-22,25H2,3-7H3,(H2,44,45)(H,46,49)(H,47,51)(H,48,50)/t34-,35+,36?/m1/s1. The first-order chi connectivity index (χ1) is 26.5. The molecule has 0 fully saturated rings. The number of amidine groups is 1. The molecule has 0 aromatic heterocycles. The number of carbonyl (C=O) groups is 4. The summed E-state index contributed by atoms with van der Waals surface area (Å²) in [5.74, 6) is -0.912. The van der Waals surface area contributed by atoms with Gasteiger partial charge in [-0.2, -0.15) is 0 Å². The van der Waals surface area contributed by atoms with Gasteiger partial charge in [-0.3, -0.25) is 19.8 Å². The summed E-state index contributed by atoms with van der Waals surface area (Å²) in [6, 6.07) is 16.7.